The predicted molar refractivity (Wildman–Crippen MR) is 483 cm³/mol. The van der Waals surface area contributed by atoms with Gasteiger partial charge in [-0.2, -0.15) is 52.7 Å². The van der Waals surface area contributed by atoms with Gasteiger partial charge in [0.05, 0.1) is 65.1 Å². The topological polar surface area (TPSA) is 377 Å². The SMILES string of the molecule is C.CC[C@@H]1CN(C(=O)NCC(F)(F)F)C[C@@H]1c1cnc2cnc3[nH]ccc3n12.CC[C@@H]1CN(C(=O)NCC(F)(F)F)C[C@@H]1c1cnc2cnc3[nH]ccc3n12.CC[C@@H]1CN(C(=O)NCC(F)(F)F)C[C@@H]1c1cnc2cnc3[nH]ccc3n12.CC[C@@H]1CNC[C@@H]1c1cnc2cnc3[nH]ccc3n12.CC[C@@H]1CNC[C@@H]1c1cnc2cnc3[nH]ccc3n12.Cl.NCC(F)(F)F.[I][V][I]. The van der Waals surface area contributed by atoms with E-state index in [0.717, 1.165) is 130 Å². The summed E-state index contributed by atoms with van der Waals surface area (Å²) in [6, 6.07) is 7.81. The minimum atomic E-state index is -4.42. The molecule has 0 bridgehead atoms. The number of carbonyl (C=O) groups excluding carboxylic acids is 3. The molecule has 5 aliphatic rings. The fourth-order valence-corrected chi connectivity index (χ4v) is 18.0. The number of aromatic nitrogens is 20. The number of imidazole rings is 5. The molecule has 48 heteroatoms. The zero-order valence-corrected chi connectivity index (χ0v) is 76.8. The van der Waals surface area contributed by atoms with Gasteiger partial charge in [0.25, 0.3) is 0 Å². The van der Waals surface area contributed by atoms with E-state index in [-0.39, 0.29) is 55.3 Å². The molecule has 0 unspecified atom stereocenters. The fourth-order valence-electron chi connectivity index (χ4n) is 18.0. The quantitative estimate of drug-likeness (QED) is 0.0377. The second kappa shape index (κ2) is 42.7. The normalized spacial score (nSPS) is 20.4. The van der Waals surface area contributed by atoms with Gasteiger partial charge < -0.3 is 71.9 Å². The number of alkyl halides is 12. The van der Waals surface area contributed by atoms with Crippen LogP contribution in [-0.2, 0) is 9.47 Å². The summed E-state index contributed by atoms with van der Waals surface area (Å²) in [5.41, 5.74) is 22.5. The van der Waals surface area contributed by atoms with Crippen LogP contribution in [0.25, 0.3) is 84.1 Å². The van der Waals surface area contributed by atoms with E-state index in [2.05, 4.69) is 166 Å². The summed E-state index contributed by atoms with van der Waals surface area (Å²) in [6.07, 6.45) is 14.7. The molecule has 12 N–H and O–H groups in total. The molecule has 15 aromatic heterocycles. The Balaban J connectivity index is 0.000000144. The molecule has 0 radical (unpaired) electrons. The van der Waals surface area contributed by atoms with Gasteiger partial charge in [-0.15, -0.1) is 12.4 Å². The molecule has 20 heterocycles. The molecular formula is C82H100ClF12I2N29O3V. The second-order valence-corrected chi connectivity index (χ2v) is 43.6. The van der Waals surface area contributed by atoms with Crippen molar-refractivity contribution in [1.82, 2.24) is 138 Å². The number of fused-ring (bicyclic) bond motifs is 15. The molecule has 0 spiro atoms. The maximum absolute atomic E-state index is 12.4. The number of nitrogens with one attached hydrogen (secondary N) is 10. The summed E-state index contributed by atoms with van der Waals surface area (Å²) in [7, 11) is 0.628. The number of urea groups is 3. The van der Waals surface area contributed by atoms with Crippen molar-refractivity contribution in [2.45, 2.75) is 128 Å². The molecular weight excluding hydrogens is 2010 g/mol. The van der Waals surface area contributed by atoms with E-state index >= 15 is 0 Å². The molecule has 15 aromatic rings. The Morgan fingerprint density at radius 1 is 0.362 bits per heavy atom. The summed E-state index contributed by atoms with van der Waals surface area (Å²) < 4.78 is 154. The second-order valence-electron chi connectivity index (χ2n) is 31.8. The third-order valence-corrected chi connectivity index (χ3v) is 24.3. The van der Waals surface area contributed by atoms with E-state index in [4.69, 9.17) is 0 Å². The molecule has 0 saturated carbocycles. The van der Waals surface area contributed by atoms with Crippen molar-refractivity contribution in [2.24, 2.45) is 35.3 Å². The van der Waals surface area contributed by atoms with Gasteiger partial charge in [0.1, 0.15) is 19.6 Å². The van der Waals surface area contributed by atoms with Gasteiger partial charge in [-0.1, -0.05) is 74.1 Å². The molecule has 10 atom stereocenters. The van der Waals surface area contributed by atoms with E-state index in [1.54, 1.807) is 55.8 Å². The zero-order chi connectivity index (χ0) is 91.1. The van der Waals surface area contributed by atoms with Gasteiger partial charge >= 0.3 is 92.2 Å². The molecule has 5 fully saturated rings. The molecule has 5 aliphatic heterocycles. The van der Waals surface area contributed by atoms with Crippen LogP contribution < -0.4 is 32.3 Å². The summed E-state index contributed by atoms with van der Waals surface area (Å²) in [6.45, 7) is 12.0. The Hall–Kier alpha value is -10.0. The number of aromatic amines is 5. The third-order valence-electron chi connectivity index (χ3n) is 24.3. The zero-order valence-electron chi connectivity index (χ0n) is 70.3. The van der Waals surface area contributed by atoms with Gasteiger partial charge in [-0.3, -0.25) is 22.0 Å². The van der Waals surface area contributed by atoms with Gasteiger partial charge in [-0.05, 0) is 73.0 Å². The molecule has 20 rings (SSSR count). The average Bonchev–Trinajstić information content (AvgIpc) is 1.63. The van der Waals surface area contributed by atoms with E-state index in [0.29, 0.717) is 89.3 Å². The first-order valence-electron chi connectivity index (χ1n) is 41.7. The number of H-pyrrole nitrogens is 5. The van der Waals surface area contributed by atoms with Crippen molar-refractivity contribution in [1.29, 1.82) is 0 Å². The predicted octanol–water partition coefficient (Wildman–Crippen LogP) is 15.9. The van der Waals surface area contributed by atoms with E-state index in [1.807, 2.05) is 105 Å². The first kappa shape index (κ1) is 99.0. The monoisotopic (exact) mass is 2110 g/mol. The number of halogens is 15. The summed E-state index contributed by atoms with van der Waals surface area (Å²) >= 11 is 4.74. The molecule has 130 heavy (non-hydrogen) atoms. The van der Waals surface area contributed by atoms with Crippen LogP contribution >= 0.6 is 52.4 Å². The number of hydrogen-bond acceptors (Lipinski definition) is 16. The van der Waals surface area contributed by atoms with Gasteiger partial charge in [-0.25, -0.2) is 64.2 Å². The van der Waals surface area contributed by atoms with Crippen molar-refractivity contribution in [3.63, 3.8) is 0 Å². The summed E-state index contributed by atoms with van der Waals surface area (Å²) in [5.74, 6) is 2.87. The van der Waals surface area contributed by atoms with E-state index in [9.17, 15) is 67.1 Å². The van der Waals surface area contributed by atoms with Crippen LogP contribution in [-0.4, -0.2) is 246 Å². The van der Waals surface area contributed by atoms with Crippen LogP contribution in [0.15, 0.2) is 123 Å². The number of nitrogens with zero attached hydrogens (tertiary/aromatic N) is 18. The first-order chi connectivity index (χ1) is 61.3. The summed E-state index contributed by atoms with van der Waals surface area (Å²) in [5, 5.41) is 12.9. The average molecular weight is 2110 g/mol. The first-order valence-corrected chi connectivity index (χ1v) is 50.7. The molecule has 32 nitrogen and oxygen atoms in total. The minimum absolute atomic E-state index is 0. The molecule has 0 aliphatic carbocycles. The van der Waals surface area contributed by atoms with Crippen LogP contribution in [0.5, 0.6) is 0 Å². The summed E-state index contributed by atoms with van der Waals surface area (Å²) in [4.78, 5) is 100. The van der Waals surface area contributed by atoms with Crippen LogP contribution in [0, 0.1) is 29.6 Å². The van der Waals surface area contributed by atoms with Crippen molar-refractivity contribution < 1.29 is 76.5 Å². The van der Waals surface area contributed by atoms with Crippen molar-refractivity contribution >= 4 is 155 Å². The van der Waals surface area contributed by atoms with Crippen molar-refractivity contribution in [3.05, 3.63) is 152 Å². The number of rotatable bonds is 13. The fraction of sp³-hybridized carbons (Fsp3) is 0.476. The Morgan fingerprint density at radius 3 is 0.777 bits per heavy atom. The number of hydrogen-bond donors (Lipinski definition) is 11. The van der Waals surface area contributed by atoms with Gasteiger partial charge in [0.2, 0.25) is 0 Å². The molecule has 5 saturated heterocycles. The Labute approximate surface area is 770 Å². The number of nitrogens with two attached hydrogens (primary N) is 1. The number of carbonyl (C=O) groups is 3. The molecule has 0 aromatic carbocycles. The molecule has 701 valence electrons. The number of amides is 6. The van der Waals surface area contributed by atoms with Crippen LogP contribution in [0.2, 0.25) is 0 Å². The molecule has 6 amide bonds. The van der Waals surface area contributed by atoms with Crippen LogP contribution in [0.4, 0.5) is 67.1 Å². The van der Waals surface area contributed by atoms with E-state index in [1.165, 1.54) is 38.9 Å². The Morgan fingerprint density at radius 2 is 0.577 bits per heavy atom. The van der Waals surface area contributed by atoms with Crippen molar-refractivity contribution in [3.8, 4) is 0 Å². The third kappa shape index (κ3) is 22.3. The van der Waals surface area contributed by atoms with Gasteiger partial charge in [0, 0.05) is 172 Å². The maximum atomic E-state index is 12.4. The van der Waals surface area contributed by atoms with Crippen molar-refractivity contribution in [2.75, 3.05) is 91.6 Å². The van der Waals surface area contributed by atoms with Crippen LogP contribution in [0.3, 0.4) is 0 Å². The van der Waals surface area contributed by atoms with E-state index < -0.39 is 69.0 Å². The van der Waals surface area contributed by atoms with Crippen LogP contribution in [0.1, 0.15) is 132 Å². The standard InChI is InChI=1S/3C17H19F3N6O.2C14H17N5.C2H4F3N.CH4.ClH.2HI.V/c3*1-2-10-7-25(16(27)24-9-17(18,19)20)8-11(10)13-5-22-14-6-23-15-12(26(13)14)3-4-21-15;2*1-2-9-5-15-6-10(9)12-7-17-13-8-18-14-11(19(12)13)3-4-16-14;3-2(4,5)1-6;;;;;/h3*3-6,10-11,21H,2,7-9H2,1H3,(H,24,27);2*3-4,7-10,15-16H,2,5-6H2,1H3;1,6H2;1H4;3*1H;/q;;;;;;;;;;+2/p-2/t3*10-,11+;2*9-,10+;;;;;;/m11111....../s1. The Kier molecular flexibility index (Phi) is 32.5. The van der Waals surface area contributed by atoms with Gasteiger partial charge in [0.15, 0.2) is 56.5 Å². The number of likely N-dealkylation sites (tertiary alicyclic amines) is 3. The Bertz CT molecular complexity index is 5770.